The Kier molecular flexibility index (Phi) is 8.24. The third-order valence-corrected chi connectivity index (χ3v) is 6.46. The van der Waals surface area contributed by atoms with Crippen LogP contribution in [0.4, 0.5) is 4.79 Å². The molecule has 0 unspecified atom stereocenters. The fourth-order valence-electron chi connectivity index (χ4n) is 4.63. The van der Waals surface area contributed by atoms with Gasteiger partial charge < -0.3 is 24.3 Å². The van der Waals surface area contributed by atoms with Gasteiger partial charge in [-0.15, -0.1) is 0 Å². The monoisotopic (exact) mass is 564 g/mol. The van der Waals surface area contributed by atoms with Crippen molar-refractivity contribution in [3.8, 4) is 28.0 Å². The minimum absolute atomic E-state index is 0.145. The van der Waals surface area contributed by atoms with Crippen LogP contribution in [0.2, 0.25) is 0 Å². The van der Waals surface area contributed by atoms with E-state index < -0.39 is 17.7 Å². The number of hydrogen-bond acceptors (Lipinski definition) is 6. The maximum Gasteiger partial charge on any atom is 0.407 e. The molecule has 2 aromatic heterocycles. The van der Waals surface area contributed by atoms with Gasteiger partial charge in [-0.1, -0.05) is 42.5 Å². The van der Waals surface area contributed by atoms with Crippen LogP contribution < -0.4 is 10.1 Å². The van der Waals surface area contributed by atoms with Crippen LogP contribution in [-0.4, -0.2) is 27.8 Å². The van der Waals surface area contributed by atoms with Crippen LogP contribution in [0.15, 0.2) is 95.7 Å². The van der Waals surface area contributed by atoms with Crippen LogP contribution in [0.25, 0.3) is 33.2 Å². The SMILES string of the molecule is CC(C)(C)OC(=O)NCc1cc(-c2cc(COc3cc(-c4ccccc4)ccc3CC(=O)O)cc3ccoc23)ccn1. The van der Waals surface area contributed by atoms with E-state index in [9.17, 15) is 14.7 Å². The summed E-state index contributed by atoms with van der Waals surface area (Å²) < 4.78 is 17.4. The van der Waals surface area contributed by atoms with Gasteiger partial charge in [0.15, 0.2) is 0 Å². The molecule has 0 aliphatic heterocycles. The van der Waals surface area contributed by atoms with Crippen LogP contribution >= 0.6 is 0 Å². The third-order valence-electron chi connectivity index (χ3n) is 6.46. The van der Waals surface area contributed by atoms with Crippen LogP contribution in [0, 0.1) is 0 Å². The van der Waals surface area contributed by atoms with Gasteiger partial charge in [0.25, 0.3) is 0 Å². The second-order valence-corrected chi connectivity index (χ2v) is 10.9. The molecule has 5 rings (SSSR count). The molecule has 5 aromatic rings. The summed E-state index contributed by atoms with van der Waals surface area (Å²) >= 11 is 0. The molecular formula is C34H32N2O6. The average molecular weight is 565 g/mol. The summed E-state index contributed by atoms with van der Waals surface area (Å²) in [6.45, 7) is 5.85. The molecule has 42 heavy (non-hydrogen) atoms. The van der Waals surface area contributed by atoms with Crippen molar-refractivity contribution in [1.29, 1.82) is 0 Å². The summed E-state index contributed by atoms with van der Waals surface area (Å²) in [5.41, 5.74) is 5.94. The molecule has 3 aromatic carbocycles. The number of furan rings is 1. The van der Waals surface area contributed by atoms with Crippen molar-refractivity contribution in [2.75, 3.05) is 0 Å². The van der Waals surface area contributed by atoms with E-state index >= 15 is 0 Å². The smallest absolute Gasteiger partial charge is 0.407 e. The second kappa shape index (κ2) is 12.2. The summed E-state index contributed by atoms with van der Waals surface area (Å²) in [6, 6.07) is 25.1. The maximum absolute atomic E-state index is 12.1. The van der Waals surface area contributed by atoms with E-state index in [0.29, 0.717) is 22.6 Å². The number of amides is 1. The van der Waals surface area contributed by atoms with E-state index in [2.05, 4.69) is 10.3 Å². The largest absolute Gasteiger partial charge is 0.489 e. The van der Waals surface area contributed by atoms with Crippen molar-refractivity contribution in [3.05, 3.63) is 108 Å². The van der Waals surface area contributed by atoms with Gasteiger partial charge in [-0.2, -0.15) is 0 Å². The topological polar surface area (TPSA) is 111 Å². The Bertz CT molecular complexity index is 1720. The number of carbonyl (C=O) groups is 2. The zero-order valence-electron chi connectivity index (χ0n) is 23.7. The van der Waals surface area contributed by atoms with Crippen molar-refractivity contribution in [2.24, 2.45) is 0 Å². The molecule has 0 spiro atoms. The van der Waals surface area contributed by atoms with Gasteiger partial charge in [0.1, 0.15) is 23.5 Å². The Balaban J connectivity index is 1.40. The number of hydrogen-bond donors (Lipinski definition) is 2. The summed E-state index contributed by atoms with van der Waals surface area (Å²) in [5.74, 6) is -0.406. The van der Waals surface area contributed by atoms with Crippen molar-refractivity contribution in [2.45, 2.75) is 45.9 Å². The van der Waals surface area contributed by atoms with Crippen molar-refractivity contribution in [1.82, 2.24) is 10.3 Å². The van der Waals surface area contributed by atoms with Gasteiger partial charge in [-0.05, 0) is 79.4 Å². The molecule has 0 aliphatic carbocycles. The van der Waals surface area contributed by atoms with Crippen LogP contribution in [0.5, 0.6) is 5.75 Å². The number of pyridine rings is 1. The summed E-state index contributed by atoms with van der Waals surface area (Å²) in [5, 5.41) is 13.1. The number of fused-ring (bicyclic) bond motifs is 1. The summed E-state index contributed by atoms with van der Waals surface area (Å²) in [6.07, 6.45) is 2.67. The Morgan fingerprint density at radius 3 is 2.50 bits per heavy atom. The zero-order valence-corrected chi connectivity index (χ0v) is 23.7. The van der Waals surface area contributed by atoms with Crippen LogP contribution in [0.1, 0.15) is 37.6 Å². The quantitative estimate of drug-likeness (QED) is 0.192. The molecule has 2 N–H and O–H groups in total. The lowest BCUT2D eigenvalue weighted by molar-refractivity contribution is -0.136. The number of nitrogens with zero attached hydrogens (tertiary/aromatic N) is 1. The number of benzene rings is 3. The maximum atomic E-state index is 12.1. The molecule has 2 heterocycles. The molecule has 0 saturated heterocycles. The highest BCUT2D eigenvalue weighted by Gasteiger charge is 2.17. The zero-order chi connectivity index (χ0) is 29.7. The van der Waals surface area contributed by atoms with Crippen molar-refractivity contribution < 1.29 is 28.6 Å². The molecular weight excluding hydrogens is 532 g/mol. The predicted molar refractivity (Wildman–Crippen MR) is 160 cm³/mol. The van der Waals surface area contributed by atoms with Gasteiger partial charge >= 0.3 is 12.1 Å². The number of nitrogens with one attached hydrogen (secondary N) is 1. The number of aromatic nitrogens is 1. The number of aliphatic carboxylic acids is 1. The van der Waals surface area contributed by atoms with E-state index in [4.69, 9.17) is 13.9 Å². The highest BCUT2D eigenvalue weighted by molar-refractivity contribution is 5.93. The lowest BCUT2D eigenvalue weighted by Gasteiger charge is -2.19. The first-order valence-electron chi connectivity index (χ1n) is 13.6. The average Bonchev–Trinajstić information content (AvgIpc) is 3.43. The fourth-order valence-corrected chi connectivity index (χ4v) is 4.63. The molecule has 0 bridgehead atoms. The number of carbonyl (C=O) groups excluding carboxylic acids is 1. The number of ether oxygens (including phenoxy) is 2. The first kappa shape index (κ1) is 28.4. The highest BCUT2D eigenvalue weighted by atomic mass is 16.6. The summed E-state index contributed by atoms with van der Waals surface area (Å²) in [4.78, 5) is 28.1. The Morgan fingerprint density at radius 2 is 1.74 bits per heavy atom. The van der Waals surface area contributed by atoms with E-state index in [1.54, 1.807) is 18.5 Å². The molecule has 0 aliphatic rings. The fraction of sp³-hybridized carbons (Fsp3) is 0.206. The van der Waals surface area contributed by atoms with Crippen LogP contribution in [-0.2, 0) is 29.1 Å². The lowest BCUT2D eigenvalue weighted by atomic mass is 10.0. The van der Waals surface area contributed by atoms with Gasteiger partial charge in [-0.3, -0.25) is 9.78 Å². The highest BCUT2D eigenvalue weighted by Crippen LogP contribution is 2.33. The predicted octanol–water partition coefficient (Wildman–Crippen LogP) is 7.39. The Morgan fingerprint density at radius 1 is 0.929 bits per heavy atom. The first-order valence-corrected chi connectivity index (χ1v) is 13.6. The minimum atomic E-state index is -0.927. The molecule has 0 atom stereocenters. The molecule has 0 radical (unpaired) electrons. The van der Waals surface area contributed by atoms with Crippen molar-refractivity contribution >= 4 is 23.0 Å². The van der Waals surface area contributed by atoms with E-state index in [0.717, 1.165) is 33.2 Å². The third kappa shape index (κ3) is 7.14. The summed E-state index contributed by atoms with van der Waals surface area (Å²) in [7, 11) is 0. The second-order valence-electron chi connectivity index (χ2n) is 10.9. The first-order chi connectivity index (χ1) is 20.1. The Labute approximate surface area is 243 Å². The number of alkyl carbamates (subject to hydrolysis) is 1. The molecule has 214 valence electrons. The molecule has 8 heteroatoms. The standard InChI is InChI=1S/C34H32N2O6/c1-34(2,3)42-33(39)36-20-28-17-25(11-13-35-28)29-16-22(15-27-12-14-40-32(27)29)21-41-30-18-24(23-7-5-4-6-8-23)9-10-26(30)19-31(37)38/h4-18H,19-21H2,1-3H3,(H,36,39)(H,37,38). The van der Waals surface area contributed by atoms with E-state index in [1.807, 2.05) is 93.6 Å². The van der Waals surface area contributed by atoms with Crippen molar-refractivity contribution in [3.63, 3.8) is 0 Å². The van der Waals surface area contributed by atoms with Crippen LogP contribution in [0.3, 0.4) is 0 Å². The van der Waals surface area contributed by atoms with Gasteiger partial charge in [-0.25, -0.2) is 4.79 Å². The van der Waals surface area contributed by atoms with Gasteiger partial charge in [0.2, 0.25) is 0 Å². The molecule has 1 amide bonds. The molecule has 8 nitrogen and oxygen atoms in total. The number of rotatable bonds is 9. The van der Waals surface area contributed by atoms with E-state index in [-0.39, 0.29) is 19.6 Å². The van der Waals surface area contributed by atoms with E-state index in [1.165, 1.54) is 0 Å². The lowest BCUT2D eigenvalue weighted by Crippen LogP contribution is -2.32. The normalized spacial score (nSPS) is 11.3. The number of carboxylic acids is 1. The van der Waals surface area contributed by atoms with Gasteiger partial charge in [0, 0.05) is 22.7 Å². The molecule has 0 saturated carbocycles. The Hall–Kier alpha value is -5.11. The van der Waals surface area contributed by atoms with Gasteiger partial charge in [0.05, 0.1) is 24.9 Å². The number of carboxylic acid groups (broad SMARTS) is 1. The minimum Gasteiger partial charge on any atom is -0.489 e. The molecule has 0 fully saturated rings.